The molecule has 0 aromatic carbocycles. The third kappa shape index (κ3) is 2.18. The van der Waals surface area contributed by atoms with E-state index < -0.39 is 6.16 Å². The third-order valence-electron chi connectivity index (χ3n) is 3.43. The summed E-state index contributed by atoms with van der Waals surface area (Å²) < 4.78 is 4.75. The fourth-order valence-electron chi connectivity index (χ4n) is 2.72. The van der Waals surface area contributed by atoms with Gasteiger partial charge in [-0.3, -0.25) is 5.32 Å². The number of hydrogen-bond acceptors (Lipinski definition) is 3. The van der Waals surface area contributed by atoms with Crippen molar-refractivity contribution in [1.29, 1.82) is 0 Å². The van der Waals surface area contributed by atoms with Crippen molar-refractivity contribution >= 4 is 6.16 Å². The Hall–Kier alpha value is -0.770. The Morgan fingerprint density at radius 1 is 1.29 bits per heavy atom. The Bertz CT molecular complexity index is 219. The lowest BCUT2D eigenvalue weighted by molar-refractivity contribution is -0.00774. The lowest BCUT2D eigenvalue weighted by Crippen LogP contribution is -2.46. The molecule has 0 aromatic heterocycles. The van der Waals surface area contributed by atoms with Crippen LogP contribution in [-0.2, 0) is 4.74 Å². The number of rotatable bonds is 1. The summed E-state index contributed by atoms with van der Waals surface area (Å²) in [6.07, 6.45) is 4.57. The van der Waals surface area contributed by atoms with Gasteiger partial charge in [-0.05, 0) is 24.7 Å². The molecule has 1 saturated heterocycles. The molecular formula is C10H17NO3. The van der Waals surface area contributed by atoms with Crippen molar-refractivity contribution in [3.63, 3.8) is 0 Å². The first kappa shape index (κ1) is 9.77. The first-order valence-corrected chi connectivity index (χ1v) is 5.38. The van der Waals surface area contributed by atoms with Gasteiger partial charge in [0.05, 0.1) is 0 Å². The van der Waals surface area contributed by atoms with Crippen molar-refractivity contribution in [3.8, 4) is 0 Å². The monoisotopic (exact) mass is 199 g/mol. The fourth-order valence-corrected chi connectivity index (χ4v) is 2.72. The quantitative estimate of drug-likeness (QED) is 0.632. The van der Waals surface area contributed by atoms with Crippen LogP contribution in [0.5, 0.6) is 0 Å². The van der Waals surface area contributed by atoms with Crippen LogP contribution < -0.4 is 5.32 Å². The second-order valence-electron chi connectivity index (χ2n) is 4.32. The molecule has 4 heteroatoms. The van der Waals surface area contributed by atoms with E-state index in [0.29, 0.717) is 5.92 Å². The average Bonchev–Trinajstić information content (AvgIpc) is 2.17. The number of nitrogens with one attached hydrogen (secondary N) is 1. The lowest BCUT2D eigenvalue weighted by atomic mass is 9.75. The van der Waals surface area contributed by atoms with Gasteiger partial charge in [-0.15, -0.1) is 0 Å². The predicted molar refractivity (Wildman–Crippen MR) is 51.0 cm³/mol. The zero-order chi connectivity index (χ0) is 9.97. The fraction of sp³-hybridized carbons (Fsp3) is 0.900. The van der Waals surface area contributed by atoms with Crippen molar-refractivity contribution in [1.82, 2.24) is 5.32 Å². The number of carbonyl (C=O) groups is 1. The minimum Gasteiger partial charge on any atom is -0.450 e. The van der Waals surface area contributed by atoms with Crippen LogP contribution >= 0.6 is 0 Å². The minimum atomic E-state index is -1.17. The van der Waals surface area contributed by atoms with E-state index in [1.807, 2.05) is 0 Å². The smallest absolute Gasteiger partial charge is 0.450 e. The summed E-state index contributed by atoms with van der Waals surface area (Å²) in [4.78, 5) is 10.4. The summed E-state index contributed by atoms with van der Waals surface area (Å²) in [6, 6.07) is 0. The molecule has 0 spiro atoms. The summed E-state index contributed by atoms with van der Waals surface area (Å²) in [6.45, 7) is 0.919. The standard InChI is InChI=1S/C10H17NO3/c12-10(13)14-9-5-7-3-1-2-4-8(7)6-11-9/h7-9,11H,1-6H2,(H,12,13)/t7-,8?,9+/m0/s1. The van der Waals surface area contributed by atoms with Crippen LogP contribution in [0, 0.1) is 11.8 Å². The van der Waals surface area contributed by atoms with E-state index in [2.05, 4.69) is 5.32 Å². The first-order valence-electron chi connectivity index (χ1n) is 5.38. The summed E-state index contributed by atoms with van der Waals surface area (Å²) in [5.41, 5.74) is 0. The van der Waals surface area contributed by atoms with Gasteiger partial charge in [0.1, 0.15) is 0 Å². The van der Waals surface area contributed by atoms with E-state index in [-0.39, 0.29) is 6.23 Å². The highest BCUT2D eigenvalue weighted by Gasteiger charge is 2.33. The highest BCUT2D eigenvalue weighted by atomic mass is 16.7. The molecule has 0 amide bonds. The second-order valence-corrected chi connectivity index (χ2v) is 4.32. The molecule has 2 fully saturated rings. The zero-order valence-electron chi connectivity index (χ0n) is 8.24. The van der Waals surface area contributed by atoms with Gasteiger partial charge >= 0.3 is 6.16 Å². The molecule has 80 valence electrons. The van der Waals surface area contributed by atoms with E-state index in [0.717, 1.165) is 18.9 Å². The van der Waals surface area contributed by atoms with Crippen molar-refractivity contribution in [2.24, 2.45) is 11.8 Å². The molecule has 2 aliphatic rings. The van der Waals surface area contributed by atoms with E-state index >= 15 is 0 Å². The van der Waals surface area contributed by atoms with Gasteiger partial charge in [-0.1, -0.05) is 12.8 Å². The largest absolute Gasteiger partial charge is 0.507 e. The Morgan fingerprint density at radius 2 is 2.00 bits per heavy atom. The van der Waals surface area contributed by atoms with E-state index in [1.54, 1.807) is 0 Å². The summed E-state index contributed by atoms with van der Waals surface area (Å²) in [5, 5.41) is 11.6. The Labute approximate surface area is 83.6 Å². The SMILES string of the molecule is O=C(O)O[C@@H]1C[C@@H]2CCCCC2CN1. The van der Waals surface area contributed by atoms with Crippen LogP contribution in [0.4, 0.5) is 4.79 Å². The summed E-state index contributed by atoms with van der Waals surface area (Å²) >= 11 is 0. The Kier molecular flexibility index (Phi) is 2.91. The molecule has 0 aromatic rings. The van der Waals surface area contributed by atoms with E-state index in [1.165, 1.54) is 25.7 Å². The summed E-state index contributed by atoms with van der Waals surface area (Å²) in [7, 11) is 0. The molecule has 1 heterocycles. The highest BCUT2D eigenvalue weighted by Crippen LogP contribution is 2.35. The predicted octanol–water partition coefficient (Wildman–Crippen LogP) is 1.81. The number of ether oxygens (including phenoxy) is 1. The first-order chi connectivity index (χ1) is 6.75. The molecule has 4 nitrogen and oxygen atoms in total. The number of fused-ring (bicyclic) bond motifs is 1. The number of piperidine rings is 1. The summed E-state index contributed by atoms with van der Waals surface area (Å²) in [5.74, 6) is 1.42. The maximum Gasteiger partial charge on any atom is 0.507 e. The molecule has 0 radical (unpaired) electrons. The normalized spacial score (nSPS) is 37.3. The van der Waals surface area contributed by atoms with Crippen LogP contribution in [0.3, 0.4) is 0 Å². The molecule has 1 aliphatic carbocycles. The lowest BCUT2D eigenvalue weighted by Gasteiger charge is -2.39. The Balaban J connectivity index is 1.86. The molecule has 3 atom stereocenters. The van der Waals surface area contributed by atoms with Crippen molar-refractivity contribution in [3.05, 3.63) is 0 Å². The maximum atomic E-state index is 10.4. The maximum absolute atomic E-state index is 10.4. The second kappa shape index (κ2) is 4.17. The van der Waals surface area contributed by atoms with Gasteiger partial charge in [-0.25, -0.2) is 4.79 Å². The van der Waals surface area contributed by atoms with Crippen molar-refractivity contribution in [2.45, 2.75) is 38.3 Å². The van der Waals surface area contributed by atoms with Gasteiger partial charge in [0, 0.05) is 13.0 Å². The van der Waals surface area contributed by atoms with E-state index in [9.17, 15) is 4.79 Å². The molecule has 14 heavy (non-hydrogen) atoms. The van der Waals surface area contributed by atoms with Crippen LogP contribution in [-0.4, -0.2) is 24.0 Å². The topological polar surface area (TPSA) is 58.6 Å². The van der Waals surface area contributed by atoms with Gasteiger partial charge < -0.3 is 9.84 Å². The molecule has 1 saturated carbocycles. The number of hydrogen-bond donors (Lipinski definition) is 2. The van der Waals surface area contributed by atoms with Crippen LogP contribution in [0.2, 0.25) is 0 Å². The molecule has 2 rings (SSSR count). The van der Waals surface area contributed by atoms with Gasteiger partial charge in [-0.2, -0.15) is 0 Å². The molecule has 1 unspecified atom stereocenters. The van der Waals surface area contributed by atoms with Crippen LogP contribution in [0.1, 0.15) is 32.1 Å². The zero-order valence-corrected chi connectivity index (χ0v) is 8.24. The minimum absolute atomic E-state index is 0.271. The molecule has 1 aliphatic heterocycles. The molecule has 2 N–H and O–H groups in total. The van der Waals surface area contributed by atoms with Gasteiger partial charge in [0.15, 0.2) is 6.23 Å². The molecular weight excluding hydrogens is 182 g/mol. The van der Waals surface area contributed by atoms with Crippen LogP contribution in [0.15, 0.2) is 0 Å². The average molecular weight is 199 g/mol. The highest BCUT2D eigenvalue weighted by molar-refractivity contribution is 5.57. The number of carboxylic acid groups (broad SMARTS) is 1. The Morgan fingerprint density at radius 3 is 2.71 bits per heavy atom. The van der Waals surface area contributed by atoms with Crippen LogP contribution in [0.25, 0.3) is 0 Å². The molecule has 0 bridgehead atoms. The van der Waals surface area contributed by atoms with E-state index in [4.69, 9.17) is 9.84 Å². The van der Waals surface area contributed by atoms with Crippen molar-refractivity contribution < 1.29 is 14.6 Å². The van der Waals surface area contributed by atoms with Crippen molar-refractivity contribution in [2.75, 3.05) is 6.54 Å². The third-order valence-corrected chi connectivity index (χ3v) is 3.43. The van der Waals surface area contributed by atoms with Gasteiger partial charge in [0.2, 0.25) is 0 Å². The van der Waals surface area contributed by atoms with Gasteiger partial charge in [0.25, 0.3) is 0 Å².